The first kappa shape index (κ1) is 20.9. The normalized spacial score (nSPS) is 10.4. The molecule has 0 bridgehead atoms. The summed E-state index contributed by atoms with van der Waals surface area (Å²) in [6.45, 7) is 4.33. The van der Waals surface area contributed by atoms with Gasteiger partial charge in [0.05, 0.1) is 0 Å². The fourth-order valence-electron chi connectivity index (χ4n) is 1.96. The summed E-state index contributed by atoms with van der Waals surface area (Å²) in [4.78, 5) is 22.8. The van der Waals surface area contributed by atoms with E-state index in [1.54, 1.807) is 0 Å². The van der Waals surface area contributed by atoms with Crippen molar-refractivity contribution in [1.82, 2.24) is 0 Å². The summed E-state index contributed by atoms with van der Waals surface area (Å²) in [7, 11) is 0. The Kier molecular flexibility index (Phi) is 16.1. The van der Waals surface area contributed by atoms with E-state index < -0.39 is 25.1 Å². The molecule has 0 aliphatic carbocycles. The van der Waals surface area contributed by atoms with Gasteiger partial charge in [0.25, 0.3) is 0 Å². The molecule has 0 aromatic heterocycles. The van der Waals surface area contributed by atoms with Gasteiger partial charge in [0.2, 0.25) is 0 Å². The summed E-state index contributed by atoms with van der Waals surface area (Å²) in [6.07, 6.45) is 12.1. The number of unbranched alkanes of at least 4 members (excludes halogenated alkanes) is 8. The minimum atomic E-state index is -1.96. The molecule has 0 N–H and O–H groups in total. The van der Waals surface area contributed by atoms with E-state index in [1.807, 2.05) is 0 Å². The molecule has 0 heterocycles. The Balaban J connectivity index is 3.34. The number of carbonyl (C=O) groups excluding carboxylic acids is 2. The second-order valence-corrected chi connectivity index (χ2v) is 7.59. The molecule has 5 heteroatoms. The average molecular weight is 494 g/mol. The second kappa shape index (κ2) is 16.2. The predicted molar refractivity (Wildman–Crippen MR) is 84.7 cm³/mol. The zero-order valence-electron chi connectivity index (χ0n) is 13.6. The molecule has 21 heavy (non-hydrogen) atoms. The van der Waals surface area contributed by atoms with Crippen LogP contribution in [-0.4, -0.2) is 37.1 Å². The molecule has 0 spiro atoms. The van der Waals surface area contributed by atoms with Crippen LogP contribution in [0.25, 0.3) is 0 Å². The molecule has 0 saturated heterocycles. The Morgan fingerprint density at radius 3 is 1.43 bits per heavy atom. The van der Waals surface area contributed by atoms with E-state index in [-0.39, 0.29) is 11.9 Å². The van der Waals surface area contributed by atoms with Crippen LogP contribution in [0.5, 0.6) is 0 Å². The fourth-order valence-corrected chi connectivity index (χ4v) is 3.64. The maximum absolute atomic E-state index is 11.4. The molecule has 122 valence electrons. The van der Waals surface area contributed by atoms with Gasteiger partial charge in [0, 0.05) is 0 Å². The van der Waals surface area contributed by atoms with E-state index in [0.717, 1.165) is 25.7 Å². The Morgan fingerprint density at radius 1 is 0.667 bits per heavy atom. The molecule has 0 unspecified atom stereocenters. The summed E-state index contributed by atoms with van der Waals surface area (Å²) in [5, 5.41) is 0. The summed E-state index contributed by atoms with van der Waals surface area (Å²) in [5.41, 5.74) is 0. The Hall–Kier alpha value is -0.138. The zero-order valence-corrected chi connectivity index (χ0v) is 17.5. The second-order valence-electron chi connectivity index (χ2n) is 5.36. The summed E-state index contributed by atoms with van der Waals surface area (Å²) in [6, 6.07) is 0. The van der Waals surface area contributed by atoms with Gasteiger partial charge in [-0.25, -0.2) is 0 Å². The van der Waals surface area contributed by atoms with Crippen LogP contribution in [0.1, 0.15) is 90.9 Å². The van der Waals surface area contributed by atoms with Crippen LogP contribution in [0.3, 0.4) is 0 Å². The number of hydrogen-bond acceptors (Lipinski definition) is 4. The van der Waals surface area contributed by atoms with Crippen molar-refractivity contribution in [3.63, 3.8) is 0 Å². The van der Waals surface area contributed by atoms with E-state index >= 15 is 0 Å². The Labute approximate surface area is 142 Å². The molecule has 4 nitrogen and oxygen atoms in total. The van der Waals surface area contributed by atoms with Gasteiger partial charge in [0.1, 0.15) is 0 Å². The van der Waals surface area contributed by atoms with Crippen LogP contribution < -0.4 is 0 Å². The molecule has 0 rings (SSSR count). The molecule has 0 fully saturated rings. The summed E-state index contributed by atoms with van der Waals surface area (Å²) < 4.78 is 10.2. The Morgan fingerprint density at radius 2 is 1.05 bits per heavy atom. The van der Waals surface area contributed by atoms with Crippen LogP contribution in [0, 0.1) is 0 Å². The molecule has 0 saturated carbocycles. The average Bonchev–Trinajstić information content (AvgIpc) is 2.47. The molecular formula is C16H30O4Pb. The van der Waals surface area contributed by atoms with Gasteiger partial charge < -0.3 is 0 Å². The van der Waals surface area contributed by atoms with Gasteiger partial charge in [-0.05, 0) is 0 Å². The number of rotatable bonds is 14. The van der Waals surface area contributed by atoms with Gasteiger partial charge in [-0.2, -0.15) is 0 Å². The molecule has 0 aliphatic heterocycles. The van der Waals surface area contributed by atoms with Crippen LogP contribution in [0.15, 0.2) is 0 Å². The monoisotopic (exact) mass is 494 g/mol. The van der Waals surface area contributed by atoms with Crippen molar-refractivity contribution < 1.29 is 15.0 Å². The molecule has 0 aromatic carbocycles. The van der Waals surface area contributed by atoms with E-state index in [9.17, 15) is 9.59 Å². The molecule has 2 radical (unpaired) electrons. The van der Waals surface area contributed by atoms with Crippen LogP contribution in [0.4, 0.5) is 0 Å². The standard InChI is InChI=1S/2C8H16O2.Pb/c2*1-2-3-4-5-6-7-8(9)10;/h2*2-7H2,1H3,(H,9,10);/q;;+2/p-2. The molecule has 0 atom stereocenters. The maximum atomic E-state index is 11.4. The Bertz CT molecular complexity index is 243. The fraction of sp³-hybridized carbons (Fsp3) is 0.875. The van der Waals surface area contributed by atoms with Crippen LogP contribution in [-0.2, 0) is 15.0 Å². The van der Waals surface area contributed by atoms with E-state index in [1.165, 1.54) is 38.5 Å². The van der Waals surface area contributed by atoms with E-state index in [0.29, 0.717) is 12.8 Å². The van der Waals surface area contributed by atoms with Crippen molar-refractivity contribution in [3.05, 3.63) is 0 Å². The van der Waals surface area contributed by atoms with Gasteiger partial charge >= 0.3 is 143 Å². The molecule has 0 aromatic rings. The number of hydrogen-bond donors (Lipinski definition) is 0. The van der Waals surface area contributed by atoms with Gasteiger partial charge in [-0.3, -0.25) is 0 Å². The predicted octanol–water partition coefficient (Wildman–Crippen LogP) is 4.33. The van der Waals surface area contributed by atoms with Crippen molar-refractivity contribution in [3.8, 4) is 0 Å². The third-order valence-corrected chi connectivity index (χ3v) is 5.70. The molecular weight excluding hydrogens is 463 g/mol. The van der Waals surface area contributed by atoms with Gasteiger partial charge in [-0.15, -0.1) is 0 Å². The van der Waals surface area contributed by atoms with Crippen LogP contribution >= 0.6 is 0 Å². The first-order valence-corrected chi connectivity index (χ1v) is 11.5. The third kappa shape index (κ3) is 16.1. The van der Waals surface area contributed by atoms with Crippen molar-refractivity contribution in [2.24, 2.45) is 0 Å². The van der Waals surface area contributed by atoms with E-state index in [4.69, 9.17) is 5.37 Å². The first-order chi connectivity index (χ1) is 10.2. The van der Waals surface area contributed by atoms with Crippen molar-refractivity contribution in [2.75, 3.05) is 0 Å². The first-order valence-electron chi connectivity index (χ1n) is 8.35. The van der Waals surface area contributed by atoms with Crippen LogP contribution in [0.2, 0.25) is 0 Å². The summed E-state index contributed by atoms with van der Waals surface area (Å²) in [5.74, 6) is -0.379. The minimum absolute atomic E-state index is 0.189. The molecule has 0 aliphatic rings. The van der Waals surface area contributed by atoms with Crippen molar-refractivity contribution in [2.45, 2.75) is 90.9 Å². The third-order valence-electron chi connectivity index (χ3n) is 3.28. The summed E-state index contributed by atoms with van der Waals surface area (Å²) >= 11 is -1.96. The zero-order chi connectivity index (χ0) is 15.8. The quantitative estimate of drug-likeness (QED) is 0.267. The van der Waals surface area contributed by atoms with Crippen molar-refractivity contribution in [1.29, 1.82) is 0 Å². The number of carbonyl (C=O) groups is 2. The SMILES string of the molecule is CCCCCCCC(=O)[O][Pb][O]C(=O)CCCCCCC. The molecule has 0 amide bonds. The van der Waals surface area contributed by atoms with Crippen molar-refractivity contribution >= 4 is 37.1 Å². The topological polar surface area (TPSA) is 52.6 Å². The van der Waals surface area contributed by atoms with Gasteiger partial charge in [0.15, 0.2) is 0 Å². The van der Waals surface area contributed by atoms with Gasteiger partial charge in [-0.1, -0.05) is 0 Å². The van der Waals surface area contributed by atoms with E-state index in [2.05, 4.69) is 13.8 Å².